The molecule has 10 heteroatoms. The number of alkyl halides is 3. The van der Waals surface area contributed by atoms with Gasteiger partial charge in [-0.15, -0.1) is 0 Å². The summed E-state index contributed by atoms with van der Waals surface area (Å²) in [6, 6.07) is 5.29. The van der Waals surface area contributed by atoms with Crippen LogP contribution in [0.15, 0.2) is 52.5 Å². The molecule has 6 nitrogen and oxygen atoms in total. The van der Waals surface area contributed by atoms with Gasteiger partial charge in [0, 0.05) is 6.20 Å². The molecule has 0 aliphatic heterocycles. The fourth-order valence-corrected chi connectivity index (χ4v) is 3.44. The second-order valence-electron chi connectivity index (χ2n) is 5.38. The Bertz CT molecular complexity index is 1150. The quantitative estimate of drug-likeness (QED) is 0.694. The highest BCUT2D eigenvalue weighted by atomic mass is 32.2. The van der Waals surface area contributed by atoms with Crippen molar-refractivity contribution in [1.82, 2.24) is 14.5 Å². The number of fused-ring (bicyclic) bond motifs is 1. The van der Waals surface area contributed by atoms with Crippen LogP contribution in [0.3, 0.4) is 0 Å². The molecule has 0 spiro atoms. The number of benzene rings is 1. The molecule has 0 aliphatic rings. The largest absolute Gasteiger partial charge is 0.416 e. The standard InChI is InChI=1S/C16H12F3N3O3S/c1-2-26(24,25)13-4-3-7-20-14(13)22-9-21-12-8-10(16(17,18)19)5-6-11(12)15(22)23/h3-9H,2H2,1H3. The monoisotopic (exact) mass is 383 g/mol. The first-order valence-corrected chi connectivity index (χ1v) is 9.07. The van der Waals surface area contributed by atoms with E-state index in [9.17, 15) is 26.4 Å². The van der Waals surface area contributed by atoms with Gasteiger partial charge in [0.25, 0.3) is 5.56 Å². The maximum atomic E-state index is 12.8. The lowest BCUT2D eigenvalue weighted by molar-refractivity contribution is -0.137. The van der Waals surface area contributed by atoms with Crippen LogP contribution in [0.25, 0.3) is 16.7 Å². The summed E-state index contributed by atoms with van der Waals surface area (Å²) in [4.78, 5) is 20.3. The summed E-state index contributed by atoms with van der Waals surface area (Å²) in [6.45, 7) is 1.45. The normalized spacial score (nSPS) is 12.5. The van der Waals surface area contributed by atoms with Crippen LogP contribution in [0.5, 0.6) is 0 Å². The van der Waals surface area contributed by atoms with Gasteiger partial charge in [0.15, 0.2) is 15.7 Å². The summed E-state index contributed by atoms with van der Waals surface area (Å²) in [7, 11) is -3.67. The maximum Gasteiger partial charge on any atom is 0.416 e. The van der Waals surface area contributed by atoms with Gasteiger partial charge in [-0.1, -0.05) is 6.92 Å². The predicted octanol–water partition coefficient (Wildman–Crippen LogP) is 2.59. The first kappa shape index (κ1) is 18.1. The Morgan fingerprint density at radius 1 is 1.15 bits per heavy atom. The Morgan fingerprint density at radius 2 is 1.88 bits per heavy atom. The zero-order chi connectivity index (χ0) is 19.1. The van der Waals surface area contributed by atoms with E-state index in [0.29, 0.717) is 0 Å². The molecule has 2 heterocycles. The van der Waals surface area contributed by atoms with Crippen LogP contribution >= 0.6 is 0 Å². The van der Waals surface area contributed by atoms with E-state index in [1.54, 1.807) is 0 Å². The van der Waals surface area contributed by atoms with Crippen LogP contribution in [-0.4, -0.2) is 28.7 Å². The number of hydrogen-bond acceptors (Lipinski definition) is 5. The van der Waals surface area contributed by atoms with E-state index >= 15 is 0 Å². The van der Waals surface area contributed by atoms with Gasteiger partial charge in [-0.3, -0.25) is 4.79 Å². The highest BCUT2D eigenvalue weighted by molar-refractivity contribution is 7.91. The topological polar surface area (TPSA) is 81.9 Å². The molecule has 0 radical (unpaired) electrons. The molecular formula is C16H12F3N3O3S. The molecule has 0 amide bonds. The highest BCUT2D eigenvalue weighted by Crippen LogP contribution is 2.30. The summed E-state index contributed by atoms with van der Waals surface area (Å²) >= 11 is 0. The molecule has 0 aliphatic carbocycles. The van der Waals surface area contributed by atoms with Gasteiger partial charge < -0.3 is 0 Å². The minimum atomic E-state index is -4.56. The summed E-state index contributed by atoms with van der Waals surface area (Å²) in [5.41, 5.74) is -1.78. The first-order chi connectivity index (χ1) is 12.1. The van der Waals surface area contributed by atoms with Crippen LogP contribution in [0, 0.1) is 0 Å². The molecule has 136 valence electrons. The molecule has 2 aromatic heterocycles. The van der Waals surface area contributed by atoms with Crippen molar-refractivity contribution < 1.29 is 21.6 Å². The second kappa shape index (κ2) is 6.20. The van der Waals surface area contributed by atoms with Gasteiger partial charge in [-0.25, -0.2) is 23.0 Å². The molecule has 0 atom stereocenters. The minimum absolute atomic E-state index is 0.0778. The van der Waals surface area contributed by atoms with E-state index in [-0.39, 0.29) is 27.4 Å². The van der Waals surface area contributed by atoms with Gasteiger partial charge >= 0.3 is 6.18 Å². The van der Waals surface area contributed by atoms with E-state index in [0.717, 1.165) is 29.1 Å². The third kappa shape index (κ3) is 3.07. The molecule has 0 fully saturated rings. The van der Waals surface area contributed by atoms with E-state index in [1.165, 1.54) is 25.3 Å². The van der Waals surface area contributed by atoms with Crippen molar-refractivity contribution in [2.75, 3.05) is 5.75 Å². The second-order valence-corrected chi connectivity index (χ2v) is 7.62. The molecule has 26 heavy (non-hydrogen) atoms. The number of hydrogen-bond donors (Lipinski definition) is 0. The predicted molar refractivity (Wildman–Crippen MR) is 87.9 cm³/mol. The van der Waals surface area contributed by atoms with Gasteiger partial charge in [0.1, 0.15) is 11.2 Å². The van der Waals surface area contributed by atoms with Crippen LogP contribution in [0.2, 0.25) is 0 Å². The SMILES string of the molecule is CCS(=O)(=O)c1cccnc1-n1cnc2cc(C(F)(F)F)ccc2c1=O. The number of sulfone groups is 1. The molecule has 0 N–H and O–H groups in total. The summed E-state index contributed by atoms with van der Waals surface area (Å²) in [5.74, 6) is -0.343. The average molecular weight is 383 g/mol. The maximum absolute atomic E-state index is 12.8. The first-order valence-electron chi connectivity index (χ1n) is 7.42. The number of aromatic nitrogens is 3. The Morgan fingerprint density at radius 3 is 2.54 bits per heavy atom. The molecule has 0 saturated heterocycles. The average Bonchev–Trinajstić information content (AvgIpc) is 2.61. The van der Waals surface area contributed by atoms with Crippen LogP contribution in [0.1, 0.15) is 12.5 Å². The zero-order valence-corrected chi connectivity index (χ0v) is 14.2. The van der Waals surface area contributed by atoms with Crippen molar-refractivity contribution in [3.05, 3.63) is 58.8 Å². The lowest BCUT2D eigenvalue weighted by atomic mass is 10.1. The van der Waals surface area contributed by atoms with Crippen LogP contribution in [0.4, 0.5) is 13.2 Å². The van der Waals surface area contributed by atoms with Crippen molar-refractivity contribution in [1.29, 1.82) is 0 Å². The summed E-state index contributed by atoms with van der Waals surface area (Å²) in [5, 5.41) is -0.0778. The fraction of sp³-hybridized carbons (Fsp3) is 0.188. The Hall–Kier alpha value is -2.75. The van der Waals surface area contributed by atoms with Crippen molar-refractivity contribution in [3.8, 4) is 5.82 Å². The van der Waals surface area contributed by atoms with E-state index in [2.05, 4.69) is 9.97 Å². The smallest absolute Gasteiger partial charge is 0.268 e. The van der Waals surface area contributed by atoms with Gasteiger partial charge in [-0.2, -0.15) is 13.2 Å². The van der Waals surface area contributed by atoms with Gasteiger partial charge in [0.05, 0.1) is 22.2 Å². The number of pyridine rings is 1. The van der Waals surface area contributed by atoms with E-state index < -0.39 is 27.1 Å². The van der Waals surface area contributed by atoms with E-state index in [4.69, 9.17) is 0 Å². The third-order valence-corrected chi connectivity index (χ3v) is 5.53. The van der Waals surface area contributed by atoms with Gasteiger partial charge in [-0.05, 0) is 30.3 Å². The van der Waals surface area contributed by atoms with Crippen molar-refractivity contribution in [2.24, 2.45) is 0 Å². The zero-order valence-electron chi connectivity index (χ0n) is 13.4. The lowest BCUT2D eigenvalue weighted by Crippen LogP contribution is -2.22. The minimum Gasteiger partial charge on any atom is -0.268 e. The highest BCUT2D eigenvalue weighted by Gasteiger charge is 2.31. The van der Waals surface area contributed by atoms with E-state index in [1.807, 2.05) is 0 Å². The van der Waals surface area contributed by atoms with Crippen LogP contribution < -0.4 is 5.56 Å². The third-order valence-electron chi connectivity index (χ3n) is 3.78. The Balaban J connectivity index is 2.27. The van der Waals surface area contributed by atoms with Crippen molar-refractivity contribution in [3.63, 3.8) is 0 Å². The lowest BCUT2D eigenvalue weighted by Gasteiger charge is -2.11. The van der Waals surface area contributed by atoms with Crippen molar-refractivity contribution >= 4 is 20.7 Å². The molecule has 0 unspecified atom stereocenters. The van der Waals surface area contributed by atoms with Crippen molar-refractivity contribution in [2.45, 2.75) is 18.0 Å². The number of rotatable bonds is 3. The number of halogens is 3. The Labute approximate surface area is 145 Å². The summed E-state index contributed by atoms with van der Waals surface area (Å²) < 4.78 is 63.8. The van der Waals surface area contributed by atoms with Crippen LogP contribution in [-0.2, 0) is 16.0 Å². The Kier molecular flexibility index (Phi) is 4.31. The molecule has 3 rings (SSSR count). The number of nitrogens with zero attached hydrogens (tertiary/aromatic N) is 3. The van der Waals surface area contributed by atoms with Gasteiger partial charge in [0.2, 0.25) is 0 Å². The molecule has 0 bridgehead atoms. The fourth-order valence-electron chi connectivity index (χ4n) is 2.41. The molecule has 0 saturated carbocycles. The molecule has 3 aromatic rings. The molecular weight excluding hydrogens is 371 g/mol. The summed E-state index contributed by atoms with van der Waals surface area (Å²) in [6.07, 6.45) is -2.27. The molecule has 1 aromatic carbocycles.